The van der Waals surface area contributed by atoms with E-state index >= 15 is 0 Å². The molecule has 0 aliphatic carbocycles. The highest BCUT2D eigenvalue weighted by atomic mass is 16.6. The molecule has 0 saturated carbocycles. The summed E-state index contributed by atoms with van der Waals surface area (Å²) in [5, 5.41) is 41.7. The van der Waals surface area contributed by atoms with Crippen molar-refractivity contribution < 1.29 is 34.1 Å². The summed E-state index contributed by atoms with van der Waals surface area (Å²) in [4.78, 5) is 44.7. The van der Waals surface area contributed by atoms with E-state index in [1.54, 1.807) is 26.8 Å². The lowest BCUT2D eigenvalue weighted by molar-refractivity contribution is -0.383. The van der Waals surface area contributed by atoms with E-state index in [2.05, 4.69) is 15.3 Å². The first kappa shape index (κ1) is 33.9. The van der Waals surface area contributed by atoms with Gasteiger partial charge in [-0.2, -0.15) is 0 Å². The first-order valence-electron chi connectivity index (χ1n) is 15.9. The maximum Gasteiger partial charge on any atom is 0.309 e. The molecule has 2 aromatic carbocycles. The van der Waals surface area contributed by atoms with Crippen molar-refractivity contribution in [1.29, 1.82) is 0 Å². The zero-order chi connectivity index (χ0) is 34.2. The van der Waals surface area contributed by atoms with Crippen LogP contribution >= 0.6 is 0 Å². The molecule has 5 rings (SSSR count). The fourth-order valence-corrected chi connectivity index (χ4v) is 6.49. The van der Waals surface area contributed by atoms with Gasteiger partial charge in [0.25, 0.3) is 0 Å². The van der Waals surface area contributed by atoms with Gasteiger partial charge in [-0.05, 0) is 59.8 Å². The smallest absolute Gasteiger partial charge is 0.309 e. The van der Waals surface area contributed by atoms with Gasteiger partial charge in [-0.3, -0.25) is 19.7 Å². The van der Waals surface area contributed by atoms with E-state index in [0.717, 1.165) is 16.9 Å². The van der Waals surface area contributed by atoms with Gasteiger partial charge < -0.3 is 24.4 Å². The van der Waals surface area contributed by atoms with Crippen LogP contribution in [0.1, 0.15) is 70.9 Å². The van der Waals surface area contributed by atoms with Crippen molar-refractivity contribution in [3.63, 3.8) is 0 Å². The Labute approximate surface area is 271 Å². The fraction of sp³-hybridized carbons (Fsp3) is 0.545. The number of nitro groups is 1. The summed E-state index contributed by atoms with van der Waals surface area (Å²) in [6.45, 7) is 9.39. The van der Waals surface area contributed by atoms with Crippen molar-refractivity contribution in [1.82, 2.24) is 19.9 Å². The molecule has 14 heteroatoms. The van der Waals surface area contributed by atoms with Gasteiger partial charge in [-0.1, -0.05) is 33.8 Å². The van der Waals surface area contributed by atoms with E-state index in [4.69, 9.17) is 9.37 Å². The number of aliphatic hydroxyl groups excluding tert-OH is 2. The Morgan fingerprint density at radius 2 is 1.77 bits per heavy atom. The minimum absolute atomic E-state index is 0.0197. The largest absolute Gasteiger partial charge is 0.457 e. The number of benzene rings is 2. The van der Waals surface area contributed by atoms with E-state index in [1.165, 1.54) is 6.07 Å². The van der Waals surface area contributed by atoms with E-state index < -0.39 is 47.0 Å². The summed E-state index contributed by atoms with van der Waals surface area (Å²) in [7, 11) is 1.92. The third-order valence-electron chi connectivity index (χ3n) is 9.77. The maximum atomic E-state index is 13.5. The Morgan fingerprint density at radius 1 is 1.04 bits per heavy atom. The molecule has 14 nitrogen and oxygen atoms in total. The number of non-ortho nitro benzene ring substituents is 1. The zero-order valence-electron chi connectivity index (χ0n) is 27.5. The maximum absolute atomic E-state index is 13.5. The fourth-order valence-electron chi connectivity index (χ4n) is 6.49. The number of cyclic esters (lactones) is 1. The minimum Gasteiger partial charge on any atom is -0.457 e. The van der Waals surface area contributed by atoms with Gasteiger partial charge in [0.15, 0.2) is 5.52 Å². The Bertz CT molecular complexity index is 1800. The number of esters is 1. The highest BCUT2D eigenvalue weighted by Gasteiger charge is 2.42. The predicted molar refractivity (Wildman–Crippen MR) is 173 cm³/mol. The number of nitrogens with zero attached hydrogens (tertiary/aromatic N) is 6. The normalized spacial score (nSPS) is 25.3. The molecule has 252 valence electrons. The van der Waals surface area contributed by atoms with E-state index in [-0.39, 0.29) is 28.4 Å². The molecule has 2 N–H and O–H groups in total. The van der Waals surface area contributed by atoms with Crippen LogP contribution < -0.4 is 4.90 Å². The third-order valence-corrected chi connectivity index (χ3v) is 9.77. The van der Waals surface area contributed by atoms with Crippen molar-refractivity contribution in [3.8, 4) is 0 Å². The summed E-state index contributed by atoms with van der Waals surface area (Å²) >= 11 is 0. The molecule has 47 heavy (non-hydrogen) atoms. The summed E-state index contributed by atoms with van der Waals surface area (Å²) in [6, 6.07) is 8.64. The molecule has 0 amide bonds. The number of carbonyl (C=O) groups is 2. The molecule has 1 aliphatic rings. The average Bonchev–Trinajstić information content (AvgIpc) is 3.63. The molecule has 4 aromatic rings. The van der Waals surface area contributed by atoms with Gasteiger partial charge in [-0.15, -0.1) is 0 Å². The van der Waals surface area contributed by atoms with Crippen molar-refractivity contribution in [2.45, 2.75) is 78.6 Å². The van der Waals surface area contributed by atoms with Crippen LogP contribution in [0.4, 0.5) is 11.4 Å². The van der Waals surface area contributed by atoms with Gasteiger partial charge in [0.2, 0.25) is 5.52 Å². The average molecular weight is 651 g/mol. The summed E-state index contributed by atoms with van der Waals surface area (Å²) in [5.74, 6) is -1.24. The van der Waals surface area contributed by atoms with Crippen LogP contribution in [-0.4, -0.2) is 72.1 Å². The van der Waals surface area contributed by atoms with Crippen LogP contribution in [0.2, 0.25) is 0 Å². The van der Waals surface area contributed by atoms with Crippen LogP contribution in [0.5, 0.6) is 0 Å². The van der Waals surface area contributed by atoms with E-state index in [1.807, 2.05) is 48.6 Å². The third kappa shape index (κ3) is 6.70. The Balaban J connectivity index is 1.54. The monoisotopic (exact) mass is 650 g/mol. The standard InChI is InChI=1S/C33H42N6O8/c1-18-8-7-14-38(24-11-12-25(39(44)45)30-29(24)35-47-36-30)15-13-26(21-9-10-23-22(16-21)34-20(3)37(23)6)46-28(41)17-27(40)33(4,5)32(43)19(2)31(18)42/h9-12,16,18-19,26-27,31,40,42H,7-8,13-15,17H2,1-6H3/t18-,19+,26-,27-,31-/m0/s1. The van der Waals surface area contributed by atoms with Crippen molar-refractivity contribution in [2.75, 3.05) is 18.0 Å². The number of Topliss-reactive ketones (excluding diaryl/α,β-unsaturated/α-hetero) is 1. The second-order valence-electron chi connectivity index (χ2n) is 13.2. The van der Waals surface area contributed by atoms with Crippen molar-refractivity contribution in [3.05, 3.63) is 51.8 Å². The number of aromatic nitrogens is 4. The quantitative estimate of drug-likeness (QED) is 0.179. The Morgan fingerprint density at radius 3 is 2.49 bits per heavy atom. The van der Waals surface area contributed by atoms with Crippen molar-refractivity contribution >= 4 is 45.2 Å². The number of ether oxygens (including phenoxy) is 1. The molecule has 0 unspecified atom stereocenters. The Hall–Kier alpha value is -4.43. The van der Waals surface area contributed by atoms with Gasteiger partial charge in [0.1, 0.15) is 17.7 Å². The predicted octanol–water partition coefficient (Wildman–Crippen LogP) is 4.58. The number of ketones is 1. The second kappa shape index (κ2) is 13.4. The molecular weight excluding hydrogens is 608 g/mol. The topological polar surface area (TPSA) is 187 Å². The molecule has 5 atom stereocenters. The number of aliphatic hydroxyl groups is 2. The minimum atomic E-state index is -1.34. The molecule has 0 radical (unpaired) electrons. The highest BCUT2D eigenvalue weighted by Crippen LogP contribution is 2.35. The van der Waals surface area contributed by atoms with Crippen LogP contribution in [-0.2, 0) is 21.4 Å². The molecule has 1 saturated heterocycles. The number of hydrogen-bond acceptors (Lipinski definition) is 12. The molecule has 0 bridgehead atoms. The molecule has 2 aromatic heterocycles. The first-order valence-corrected chi connectivity index (χ1v) is 15.9. The zero-order valence-corrected chi connectivity index (χ0v) is 27.5. The van der Waals surface area contributed by atoms with Crippen LogP contribution in [0.3, 0.4) is 0 Å². The van der Waals surface area contributed by atoms with Crippen LogP contribution in [0, 0.1) is 34.3 Å². The number of rotatable bonds is 3. The number of nitro benzene ring substituents is 1. The number of anilines is 1. The lowest BCUT2D eigenvalue weighted by Crippen LogP contribution is -2.45. The number of hydrogen-bond donors (Lipinski definition) is 2. The van der Waals surface area contributed by atoms with Crippen LogP contribution in [0.25, 0.3) is 22.1 Å². The van der Waals surface area contributed by atoms with Gasteiger partial charge in [0, 0.05) is 38.5 Å². The SMILES string of the molecule is Cc1nc2cc([C@@H]3CCN(c4ccc([N+](=O)[O-])c5nonc45)CCC[C@H](C)[C@H](O)[C@@H](C)C(=O)C(C)(C)[C@@H](O)CC(=O)O3)ccc2n1C. The lowest BCUT2D eigenvalue weighted by atomic mass is 9.73. The number of aryl methyl sites for hydroxylation is 2. The summed E-state index contributed by atoms with van der Waals surface area (Å²) in [6.07, 6.45) is -2.01. The molecule has 1 aliphatic heterocycles. The van der Waals surface area contributed by atoms with Crippen LogP contribution in [0.15, 0.2) is 35.0 Å². The van der Waals surface area contributed by atoms with Gasteiger partial charge >= 0.3 is 11.7 Å². The molecule has 3 heterocycles. The summed E-state index contributed by atoms with van der Waals surface area (Å²) < 4.78 is 12.9. The number of imidazole rings is 1. The van der Waals surface area contributed by atoms with Crippen molar-refractivity contribution in [2.24, 2.45) is 24.3 Å². The first-order chi connectivity index (χ1) is 22.2. The number of carbonyl (C=O) groups excluding carboxylic acids is 2. The van der Waals surface area contributed by atoms with E-state index in [9.17, 15) is 29.9 Å². The van der Waals surface area contributed by atoms with Gasteiger partial charge in [0.05, 0.1) is 45.7 Å². The molecule has 0 spiro atoms. The number of fused-ring (bicyclic) bond motifs is 2. The Kier molecular flexibility index (Phi) is 9.64. The molecular formula is C33H42N6O8. The van der Waals surface area contributed by atoms with E-state index in [0.29, 0.717) is 43.6 Å². The second-order valence-corrected chi connectivity index (χ2v) is 13.2. The summed E-state index contributed by atoms with van der Waals surface area (Å²) in [5.41, 5.74) is 1.63. The molecule has 1 fully saturated rings. The highest BCUT2D eigenvalue weighted by molar-refractivity contribution is 5.94. The lowest BCUT2D eigenvalue weighted by Gasteiger charge is -2.35. The van der Waals surface area contributed by atoms with Gasteiger partial charge in [-0.25, -0.2) is 9.61 Å².